The number of hydrazine groups is 1. The van der Waals surface area contributed by atoms with Gasteiger partial charge in [0, 0.05) is 12.1 Å². The van der Waals surface area contributed by atoms with E-state index in [2.05, 4.69) is 48.1 Å². The van der Waals surface area contributed by atoms with Crippen molar-refractivity contribution in [1.29, 1.82) is 0 Å². The molecule has 4 heteroatoms. The number of ether oxygens (including phenoxy) is 1. The van der Waals surface area contributed by atoms with E-state index in [0.717, 1.165) is 36.2 Å². The number of esters is 1. The first-order valence-electron chi connectivity index (χ1n) is 9.60. The van der Waals surface area contributed by atoms with E-state index in [4.69, 9.17) is 4.74 Å². The van der Waals surface area contributed by atoms with Gasteiger partial charge in [0.25, 0.3) is 0 Å². The topological polar surface area (TPSA) is 32.8 Å². The predicted molar refractivity (Wildman–Crippen MR) is 105 cm³/mol. The third kappa shape index (κ3) is 2.88. The summed E-state index contributed by atoms with van der Waals surface area (Å²) in [5.41, 5.74) is 2.39. The van der Waals surface area contributed by atoms with Gasteiger partial charge in [0.2, 0.25) is 0 Å². The van der Waals surface area contributed by atoms with Gasteiger partial charge < -0.3 is 4.74 Å². The molecule has 2 aromatic rings. The van der Waals surface area contributed by atoms with Gasteiger partial charge in [-0.25, -0.2) is 4.79 Å². The number of hydrogen-bond acceptors (Lipinski definition) is 4. The van der Waals surface area contributed by atoms with Crippen LogP contribution in [-0.2, 0) is 15.1 Å². The van der Waals surface area contributed by atoms with Crippen LogP contribution in [0, 0.1) is 0 Å². The molecule has 0 N–H and O–H groups in total. The summed E-state index contributed by atoms with van der Waals surface area (Å²) in [6.07, 6.45) is 2.75. The van der Waals surface area contributed by atoms with Crippen molar-refractivity contribution in [2.75, 3.05) is 18.2 Å². The zero-order valence-corrected chi connectivity index (χ0v) is 15.9. The molecule has 0 amide bonds. The summed E-state index contributed by atoms with van der Waals surface area (Å²) >= 11 is 0. The molecule has 0 saturated carbocycles. The van der Waals surface area contributed by atoms with E-state index < -0.39 is 5.54 Å². The van der Waals surface area contributed by atoms with E-state index in [1.807, 2.05) is 37.3 Å². The van der Waals surface area contributed by atoms with Crippen molar-refractivity contribution < 1.29 is 9.53 Å². The number of rotatable bonds is 7. The summed E-state index contributed by atoms with van der Waals surface area (Å²) in [6.45, 7) is 7.23. The minimum Gasteiger partial charge on any atom is -0.464 e. The Morgan fingerprint density at radius 3 is 2.35 bits per heavy atom. The van der Waals surface area contributed by atoms with Gasteiger partial charge in [-0.2, -0.15) is 5.01 Å². The molecule has 0 fully saturated rings. The van der Waals surface area contributed by atoms with E-state index in [0.29, 0.717) is 13.2 Å². The highest BCUT2D eigenvalue weighted by Gasteiger charge is 2.55. The third-order valence-corrected chi connectivity index (χ3v) is 5.07. The van der Waals surface area contributed by atoms with Gasteiger partial charge in [-0.1, -0.05) is 63.1 Å². The molecule has 1 aliphatic heterocycles. The molecule has 1 aliphatic rings. The highest BCUT2D eigenvalue weighted by molar-refractivity contribution is 5.89. The Kier molecular flexibility index (Phi) is 5.62. The number of unbranched alkanes of at least 4 members (excludes halogenated alkanes) is 1. The van der Waals surface area contributed by atoms with Gasteiger partial charge >= 0.3 is 5.97 Å². The molecule has 26 heavy (non-hydrogen) atoms. The van der Waals surface area contributed by atoms with Gasteiger partial charge in [-0.3, -0.25) is 5.01 Å². The highest BCUT2D eigenvalue weighted by atomic mass is 16.5. The zero-order valence-electron chi connectivity index (χ0n) is 15.9. The Balaban J connectivity index is 2.21. The second-order valence-electron chi connectivity index (χ2n) is 6.56. The molecule has 4 nitrogen and oxygen atoms in total. The molecule has 0 aromatic heterocycles. The largest absolute Gasteiger partial charge is 0.464 e. The Morgan fingerprint density at radius 1 is 1.00 bits per heavy atom. The molecule has 3 rings (SSSR count). The number of hydrogen-bond donors (Lipinski definition) is 0. The Hall–Kier alpha value is -2.33. The lowest BCUT2D eigenvalue weighted by Gasteiger charge is -2.40. The fourth-order valence-corrected chi connectivity index (χ4v) is 3.97. The van der Waals surface area contributed by atoms with Crippen LogP contribution in [0.1, 0.15) is 45.6 Å². The summed E-state index contributed by atoms with van der Waals surface area (Å²) in [7, 11) is 0. The summed E-state index contributed by atoms with van der Waals surface area (Å²) in [5, 5.41) is 4.36. The molecular weight excluding hydrogens is 324 g/mol. The fourth-order valence-electron chi connectivity index (χ4n) is 3.97. The monoisotopic (exact) mass is 352 g/mol. The first-order chi connectivity index (χ1) is 12.7. The van der Waals surface area contributed by atoms with Crippen molar-refractivity contribution in [3.05, 3.63) is 60.2 Å². The molecular formula is C22H28N2O2. The van der Waals surface area contributed by atoms with Crippen LogP contribution in [0.3, 0.4) is 0 Å². The van der Waals surface area contributed by atoms with E-state index >= 15 is 0 Å². The van der Waals surface area contributed by atoms with E-state index in [-0.39, 0.29) is 5.97 Å². The number of anilines is 2. The average Bonchev–Trinajstić information content (AvgIpc) is 2.98. The SMILES string of the molecule is CCCCC1(C(=O)OCC)c2ccccc2N(c2ccccc2)N1CC. The summed E-state index contributed by atoms with van der Waals surface area (Å²) in [4.78, 5) is 13.3. The van der Waals surface area contributed by atoms with Crippen LogP contribution in [0.25, 0.3) is 0 Å². The first-order valence-corrected chi connectivity index (χ1v) is 9.60. The lowest BCUT2D eigenvalue weighted by atomic mass is 9.84. The maximum Gasteiger partial charge on any atom is 0.333 e. The normalized spacial score (nSPS) is 19.4. The lowest BCUT2D eigenvalue weighted by Crippen LogP contribution is -2.53. The van der Waals surface area contributed by atoms with Crippen molar-refractivity contribution in [3.8, 4) is 0 Å². The number of carbonyl (C=O) groups is 1. The van der Waals surface area contributed by atoms with Crippen molar-refractivity contribution in [3.63, 3.8) is 0 Å². The minimum absolute atomic E-state index is 0.152. The number of likely N-dealkylation sites (N-methyl/N-ethyl adjacent to an activating group) is 1. The predicted octanol–water partition coefficient (Wildman–Crippen LogP) is 5.02. The molecule has 1 atom stereocenters. The molecule has 0 aliphatic carbocycles. The number of nitrogens with zero attached hydrogens (tertiary/aromatic N) is 2. The number of carbonyl (C=O) groups excluding carboxylic acids is 1. The highest BCUT2D eigenvalue weighted by Crippen LogP contribution is 2.50. The van der Waals surface area contributed by atoms with Crippen LogP contribution in [-0.4, -0.2) is 24.1 Å². The van der Waals surface area contributed by atoms with Gasteiger partial charge in [-0.05, 0) is 31.5 Å². The second kappa shape index (κ2) is 7.92. The van der Waals surface area contributed by atoms with Gasteiger partial charge in [0.05, 0.1) is 18.0 Å². The lowest BCUT2D eigenvalue weighted by molar-refractivity contribution is -0.158. The van der Waals surface area contributed by atoms with Crippen LogP contribution in [0.2, 0.25) is 0 Å². The van der Waals surface area contributed by atoms with Crippen LogP contribution < -0.4 is 5.01 Å². The fraction of sp³-hybridized carbons (Fsp3) is 0.409. The quantitative estimate of drug-likeness (QED) is 0.655. The second-order valence-corrected chi connectivity index (χ2v) is 6.56. The Morgan fingerprint density at radius 2 is 1.69 bits per heavy atom. The molecule has 1 unspecified atom stereocenters. The molecule has 1 heterocycles. The van der Waals surface area contributed by atoms with Gasteiger partial charge in [0.15, 0.2) is 5.54 Å². The molecule has 0 bridgehead atoms. The summed E-state index contributed by atoms with van der Waals surface area (Å²) < 4.78 is 5.59. The average molecular weight is 352 g/mol. The van der Waals surface area contributed by atoms with Crippen molar-refractivity contribution in [2.24, 2.45) is 0 Å². The summed E-state index contributed by atoms with van der Waals surface area (Å²) in [6, 6.07) is 18.5. The molecule has 0 radical (unpaired) electrons. The maximum atomic E-state index is 13.3. The number of para-hydroxylation sites is 2. The molecule has 2 aromatic carbocycles. The Bertz CT molecular complexity index is 747. The zero-order chi connectivity index (χ0) is 18.6. The van der Waals surface area contributed by atoms with Gasteiger partial charge in [-0.15, -0.1) is 0 Å². The number of benzene rings is 2. The van der Waals surface area contributed by atoms with Crippen LogP contribution in [0.4, 0.5) is 11.4 Å². The molecule has 138 valence electrons. The van der Waals surface area contributed by atoms with E-state index in [9.17, 15) is 4.79 Å². The minimum atomic E-state index is -0.771. The van der Waals surface area contributed by atoms with Gasteiger partial charge in [0.1, 0.15) is 0 Å². The first kappa shape index (κ1) is 18.5. The molecule has 0 spiro atoms. The van der Waals surface area contributed by atoms with Crippen molar-refractivity contribution in [2.45, 2.75) is 45.6 Å². The van der Waals surface area contributed by atoms with Crippen LogP contribution >= 0.6 is 0 Å². The van der Waals surface area contributed by atoms with Crippen LogP contribution in [0.15, 0.2) is 54.6 Å². The molecule has 0 saturated heterocycles. The standard InChI is InChI=1S/C22H28N2O2/c1-4-7-17-22(21(25)26-6-3)19-15-11-12-16-20(19)24(23(22)5-2)18-13-9-8-10-14-18/h8-16H,4-7,17H2,1-3H3. The van der Waals surface area contributed by atoms with Crippen molar-refractivity contribution in [1.82, 2.24) is 5.01 Å². The van der Waals surface area contributed by atoms with E-state index in [1.54, 1.807) is 0 Å². The number of fused-ring (bicyclic) bond motifs is 1. The van der Waals surface area contributed by atoms with E-state index in [1.165, 1.54) is 0 Å². The Labute approximate surface area is 156 Å². The van der Waals surface area contributed by atoms with Crippen molar-refractivity contribution >= 4 is 17.3 Å². The maximum absolute atomic E-state index is 13.3. The van der Waals surface area contributed by atoms with Crippen LogP contribution in [0.5, 0.6) is 0 Å². The smallest absolute Gasteiger partial charge is 0.333 e. The third-order valence-electron chi connectivity index (χ3n) is 5.07. The summed E-state index contributed by atoms with van der Waals surface area (Å²) in [5.74, 6) is -0.152.